The van der Waals surface area contributed by atoms with Crippen LogP contribution in [0.1, 0.15) is 50.5 Å². The second-order valence-electron chi connectivity index (χ2n) is 8.54. The van der Waals surface area contributed by atoms with Gasteiger partial charge < -0.3 is 19.9 Å². The number of hydrogen-bond donors (Lipinski definition) is 1. The van der Waals surface area contributed by atoms with Gasteiger partial charge >= 0.3 is 0 Å². The van der Waals surface area contributed by atoms with E-state index in [9.17, 15) is 0 Å². The predicted molar refractivity (Wildman–Crippen MR) is 137 cm³/mol. The maximum atomic E-state index is 5.95. The van der Waals surface area contributed by atoms with Gasteiger partial charge in [0.05, 0.1) is 13.2 Å². The normalized spacial score (nSPS) is 20.2. The van der Waals surface area contributed by atoms with Crippen LogP contribution >= 0.6 is 24.0 Å². The third-order valence-corrected chi connectivity index (χ3v) is 6.15. The number of unbranched alkanes of at least 4 members (excludes halogenated alkanes) is 2. The summed E-state index contributed by atoms with van der Waals surface area (Å²) in [7, 11) is 1.90. The first kappa shape index (κ1) is 25.4. The van der Waals surface area contributed by atoms with Crippen LogP contribution in [-0.4, -0.2) is 68.7 Å². The largest absolute Gasteiger partial charge is 0.376 e. The molecule has 0 spiro atoms. The molecule has 1 N–H and O–H groups in total. The van der Waals surface area contributed by atoms with Gasteiger partial charge in [0.1, 0.15) is 0 Å². The van der Waals surface area contributed by atoms with E-state index < -0.39 is 0 Å². The molecule has 170 valence electrons. The fourth-order valence-electron chi connectivity index (χ4n) is 4.43. The van der Waals surface area contributed by atoms with Gasteiger partial charge in [-0.05, 0) is 57.3 Å². The second-order valence-corrected chi connectivity index (χ2v) is 8.54. The van der Waals surface area contributed by atoms with E-state index in [-0.39, 0.29) is 24.0 Å². The van der Waals surface area contributed by atoms with Gasteiger partial charge in [0, 0.05) is 32.6 Å². The molecule has 2 saturated heterocycles. The van der Waals surface area contributed by atoms with Crippen molar-refractivity contribution in [2.45, 2.75) is 51.6 Å². The van der Waals surface area contributed by atoms with Crippen LogP contribution in [0.3, 0.4) is 0 Å². The highest BCUT2D eigenvalue weighted by atomic mass is 127. The minimum atomic E-state index is 0. The zero-order valence-corrected chi connectivity index (χ0v) is 21.1. The van der Waals surface area contributed by atoms with Crippen molar-refractivity contribution in [1.82, 2.24) is 15.1 Å². The Labute approximate surface area is 200 Å². The molecule has 0 bridgehead atoms. The lowest BCUT2D eigenvalue weighted by molar-refractivity contribution is 0.0907. The molecular formula is C24H41IN4O. The van der Waals surface area contributed by atoms with E-state index in [1.165, 1.54) is 70.1 Å². The first-order valence-electron chi connectivity index (χ1n) is 11.6. The molecule has 2 aliphatic rings. The van der Waals surface area contributed by atoms with E-state index in [1.807, 2.05) is 13.1 Å². The summed E-state index contributed by atoms with van der Waals surface area (Å²) in [5, 5.41) is 3.57. The minimum Gasteiger partial charge on any atom is -0.376 e. The smallest absolute Gasteiger partial charge is 0.193 e. The van der Waals surface area contributed by atoms with Crippen molar-refractivity contribution in [3.05, 3.63) is 35.9 Å². The molecule has 3 rings (SSSR count). The van der Waals surface area contributed by atoms with E-state index >= 15 is 0 Å². The molecule has 6 heteroatoms. The standard InChI is InChI=1S/C24H40N4O.HI/c1-25-24(26-14-7-3-8-15-27-16-9-4-10-17-27)28-18-13-23(19-28)21-29-20-22-11-5-2-6-12-22;/h2,5-6,11-12,23H,3-4,7-10,13-21H2,1H3,(H,25,26);1H. The Morgan fingerprint density at radius 2 is 1.87 bits per heavy atom. The van der Waals surface area contributed by atoms with Gasteiger partial charge in [-0.3, -0.25) is 4.99 Å². The van der Waals surface area contributed by atoms with Crippen LogP contribution in [-0.2, 0) is 11.3 Å². The van der Waals surface area contributed by atoms with Gasteiger partial charge in [-0.2, -0.15) is 0 Å². The summed E-state index contributed by atoms with van der Waals surface area (Å²) < 4.78 is 5.95. The Hall–Kier alpha value is -0.860. The van der Waals surface area contributed by atoms with Crippen molar-refractivity contribution < 1.29 is 4.74 Å². The van der Waals surface area contributed by atoms with E-state index in [4.69, 9.17) is 4.74 Å². The number of aliphatic imine (C=N–C) groups is 1. The van der Waals surface area contributed by atoms with Crippen LogP contribution in [0.15, 0.2) is 35.3 Å². The molecule has 2 aliphatic heterocycles. The number of nitrogens with one attached hydrogen (secondary N) is 1. The number of likely N-dealkylation sites (tertiary alicyclic amines) is 2. The van der Waals surface area contributed by atoms with Crippen molar-refractivity contribution in [3.63, 3.8) is 0 Å². The molecule has 0 radical (unpaired) electrons. The molecule has 0 aromatic heterocycles. The summed E-state index contributed by atoms with van der Waals surface area (Å²) in [4.78, 5) is 9.54. The van der Waals surface area contributed by atoms with Crippen molar-refractivity contribution in [3.8, 4) is 0 Å². The Kier molecular flexibility index (Phi) is 12.7. The first-order chi connectivity index (χ1) is 14.3. The molecule has 0 aliphatic carbocycles. The fourth-order valence-corrected chi connectivity index (χ4v) is 4.43. The Balaban J connectivity index is 0.00000320. The van der Waals surface area contributed by atoms with Crippen LogP contribution < -0.4 is 5.32 Å². The fraction of sp³-hybridized carbons (Fsp3) is 0.708. The molecule has 1 aromatic rings. The van der Waals surface area contributed by atoms with Crippen LogP contribution in [0, 0.1) is 5.92 Å². The number of halogens is 1. The summed E-state index contributed by atoms with van der Waals surface area (Å²) in [6.45, 7) is 8.61. The minimum absolute atomic E-state index is 0. The van der Waals surface area contributed by atoms with Gasteiger partial charge in [-0.25, -0.2) is 0 Å². The zero-order chi connectivity index (χ0) is 20.2. The number of rotatable bonds is 10. The van der Waals surface area contributed by atoms with Crippen LogP contribution in [0.4, 0.5) is 0 Å². The lowest BCUT2D eigenvalue weighted by Crippen LogP contribution is -2.40. The molecule has 0 saturated carbocycles. The number of benzene rings is 1. The number of piperidine rings is 1. The zero-order valence-electron chi connectivity index (χ0n) is 18.7. The summed E-state index contributed by atoms with van der Waals surface area (Å²) in [6, 6.07) is 10.4. The Morgan fingerprint density at radius 3 is 2.63 bits per heavy atom. The monoisotopic (exact) mass is 528 g/mol. The highest BCUT2D eigenvalue weighted by Gasteiger charge is 2.24. The molecular weight excluding hydrogens is 487 g/mol. The van der Waals surface area contributed by atoms with Crippen LogP contribution in [0.2, 0.25) is 0 Å². The second kappa shape index (κ2) is 15.0. The number of nitrogens with zero attached hydrogens (tertiary/aromatic N) is 3. The van der Waals surface area contributed by atoms with Crippen LogP contribution in [0.5, 0.6) is 0 Å². The summed E-state index contributed by atoms with van der Waals surface area (Å²) in [5.74, 6) is 1.66. The molecule has 0 amide bonds. The predicted octanol–water partition coefficient (Wildman–Crippen LogP) is 4.37. The molecule has 1 aromatic carbocycles. The highest BCUT2D eigenvalue weighted by Crippen LogP contribution is 2.17. The van der Waals surface area contributed by atoms with Gasteiger partial charge in [0.2, 0.25) is 0 Å². The molecule has 5 nitrogen and oxygen atoms in total. The maximum absolute atomic E-state index is 5.95. The van der Waals surface area contributed by atoms with Gasteiger partial charge in [0.25, 0.3) is 0 Å². The van der Waals surface area contributed by atoms with Crippen molar-refractivity contribution >= 4 is 29.9 Å². The van der Waals surface area contributed by atoms with Crippen molar-refractivity contribution in [2.24, 2.45) is 10.9 Å². The quantitative estimate of drug-likeness (QED) is 0.212. The molecule has 1 unspecified atom stereocenters. The third-order valence-electron chi connectivity index (χ3n) is 6.15. The van der Waals surface area contributed by atoms with Gasteiger partial charge in [0.15, 0.2) is 5.96 Å². The SMILES string of the molecule is CN=C(NCCCCCN1CCCCC1)N1CCC(COCc2ccccc2)C1.I. The number of hydrogen-bond acceptors (Lipinski definition) is 3. The summed E-state index contributed by atoms with van der Waals surface area (Å²) in [6.07, 6.45) is 9.25. The van der Waals surface area contributed by atoms with Gasteiger partial charge in [-0.1, -0.05) is 43.2 Å². The van der Waals surface area contributed by atoms with Crippen LogP contribution in [0.25, 0.3) is 0 Å². The van der Waals surface area contributed by atoms with Crippen molar-refractivity contribution in [2.75, 3.05) is 52.9 Å². The van der Waals surface area contributed by atoms with E-state index in [1.54, 1.807) is 0 Å². The molecule has 2 fully saturated rings. The topological polar surface area (TPSA) is 40.1 Å². The van der Waals surface area contributed by atoms with Gasteiger partial charge in [-0.15, -0.1) is 24.0 Å². The first-order valence-corrected chi connectivity index (χ1v) is 11.6. The average molecular weight is 529 g/mol. The highest BCUT2D eigenvalue weighted by molar-refractivity contribution is 14.0. The lowest BCUT2D eigenvalue weighted by atomic mass is 10.1. The maximum Gasteiger partial charge on any atom is 0.193 e. The molecule has 1 atom stereocenters. The summed E-state index contributed by atoms with van der Waals surface area (Å²) in [5.41, 5.74) is 1.25. The number of guanidine groups is 1. The summed E-state index contributed by atoms with van der Waals surface area (Å²) >= 11 is 0. The lowest BCUT2D eigenvalue weighted by Gasteiger charge is -2.26. The van der Waals surface area contributed by atoms with E-state index in [2.05, 4.69) is 44.4 Å². The Bertz CT molecular complexity index is 592. The molecule has 2 heterocycles. The molecule has 30 heavy (non-hydrogen) atoms. The average Bonchev–Trinajstić information content (AvgIpc) is 3.23. The Morgan fingerprint density at radius 1 is 1.07 bits per heavy atom. The third kappa shape index (κ3) is 9.10. The van der Waals surface area contributed by atoms with E-state index in [0.29, 0.717) is 12.5 Å². The van der Waals surface area contributed by atoms with Crippen molar-refractivity contribution in [1.29, 1.82) is 0 Å². The number of ether oxygens (including phenoxy) is 1. The van der Waals surface area contributed by atoms with E-state index in [0.717, 1.165) is 32.2 Å².